The monoisotopic (exact) mass is 346 g/mol. The van der Waals surface area contributed by atoms with E-state index in [1.807, 2.05) is 37.3 Å². The first-order chi connectivity index (χ1) is 11.5. The number of rotatable bonds is 6. The third kappa shape index (κ3) is 3.30. The maximum Gasteiger partial charge on any atom is 0.258 e. The van der Waals surface area contributed by atoms with Gasteiger partial charge in [0.15, 0.2) is 0 Å². The van der Waals surface area contributed by atoms with Gasteiger partial charge in [0.05, 0.1) is 17.3 Å². The van der Waals surface area contributed by atoms with Gasteiger partial charge in [-0.05, 0) is 18.1 Å². The molecule has 0 amide bonds. The number of pyridine rings is 1. The summed E-state index contributed by atoms with van der Waals surface area (Å²) < 4.78 is 32.5. The SMILES string of the molecule is CCc1noc2ncc(S(=O)(=O)NCC(N)c3ccccc3)cc12. The van der Waals surface area contributed by atoms with Crippen molar-refractivity contribution in [3.8, 4) is 0 Å². The van der Waals surface area contributed by atoms with Crippen LogP contribution in [0.1, 0.15) is 24.2 Å². The Balaban J connectivity index is 1.80. The summed E-state index contributed by atoms with van der Waals surface area (Å²) in [6, 6.07) is 10.4. The van der Waals surface area contributed by atoms with Crippen molar-refractivity contribution >= 4 is 21.1 Å². The molecule has 1 atom stereocenters. The Kier molecular flexibility index (Phi) is 4.61. The summed E-state index contributed by atoms with van der Waals surface area (Å²) in [5.74, 6) is 0. The molecule has 126 valence electrons. The van der Waals surface area contributed by atoms with E-state index in [1.165, 1.54) is 12.3 Å². The fourth-order valence-electron chi connectivity index (χ4n) is 2.36. The summed E-state index contributed by atoms with van der Waals surface area (Å²) in [7, 11) is -3.72. The Labute approximate surface area is 139 Å². The van der Waals surface area contributed by atoms with Crippen LogP contribution in [0.2, 0.25) is 0 Å². The average Bonchev–Trinajstić information content (AvgIpc) is 3.02. The van der Waals surface area contributed by atoms with Gasteiger partial charge in [0.2, 0.25) is 10.0 Å². The topological polar surface area (TPSA) is 111 Å². The van der Waals surface area contributed by atoms with Gasteiger partial charge in [-0.3, -0.25) is 0 Å². The minimum Gasteiger partial charge on any atom is -0.336 e. The van der Waals surface area contributed by atoms with Crippen molar-refractivity contribution in [2.75, 3.05) is 6.54 Å². The first kappa shape index (κ1) is 16.6. The van der Waals surface area contributed by atoms with E-state index in [9.17, 15) is 8.42 Å². The van der Waals surface area contributed by atoms with Crippen LogP contribution in [-0.4, -0.2) is 25.1 Å². The standard InChI is InChI=1S/C16H18N4O3S/c1-2-15-13-8-12(9-18-16(13)23-20-15)24(21,22)19-10-14(17)11-6-4-3-5-7-11/h3-9,14,19H,2,10,17H2,1H3. The van der Waals surface area contributed by atoms with Crippen LogP contribution >= 0.6 is 0 Å². The Hall–Kier alpha value is -2.29. The highest BCUT2D eigenvalue weighted by Crippen LogP contribution is 2.20. The number of benzene rings is 1. The molecule has 1 aromatic carbocycles. The molecule has 0 saturated carbocycles. The fourth-order valence-corrected chi connectivity index (χ4v) is 3.39. The average molecular weight is 346 g/mol. The lowest BCUT2D eigenvalue weighted by molar-refractivity contribution is 0.439. The molecule has 0 spiro atoms. The zero-order chi connectivity index (χ0) is 17.2. The van der Waals surface area contributed by atoms with Crippen molar-refractivity contribution in [3.63, 3.8) is 0 Å². The molecule has 0 aliphatic rings. The Morgan fingerprint density at radius 1 is 1.29 bits per heavy atom. The van der Waals surface area contributed by atoms with Crippen molar-refractivity contribution in [2.45, 2.75) is 24.3 Å². The van der Waals surface area contributed by atoms with E-state index in [0.717, 1.165) is 5.56 Å². The Bertz CT molecular complexity index is 938. The molecule has 0 fully saturated rings. The lowest BCUT2D eigenvalue weighted by Crippen LogP contribution is -2.32. The highest BCUT2D eigenvalue weighted by Gasteiger charge is 2.19. The maximum absolute atomic E-state index is 12.5. The van der Waals surface area contributed by atoms with Crippen LogP contribution in [0.15, 0.2) is 52.0 Å². The van der Waals surface area contributed by atoms with Crippen molar-refractivity contribution in [1.82, 2.24) is 14.9 Å². The van der Waals surface area contributed by atoms with Crippen molar-refractivity contribution < 1.29 is 12.9 Å². The number of fused-ring (bicyclic) bond motifs is 1. The van der Waals surface area contributed by atoms with E-state index in [1.54, 1.807) is 0 Å². The second-order valence-electron chi connectivity index (χ2n) is 5.38. The Morgan fingerprint density at radius 3 is 2.75 bits per heavy atom. The molecule has 3 rings (SSSR count). The molecule has 8 heteroatoms. The summed E-state index contributed by atoms with van der Waals surface area (Å²) in [6.45, 7) is 2.00. The van der Waals surface area contributed by atoms with Crippen LogP contribution in [0.4, 0.5) is 0 Å². The molecule has 0 aliphatic carbocycles. The molecule has 7 nitrogen and oxygen atoms in total. The lowest BCUT2D eigenvalue weighted by Gasteiger charge is -2.13. The number of sulfonamides is 1. The number of aromatic nitrogens is 2. The van der Waals surface area contributed by atoms with Crippen LogP contribution in [0.3, 0.4) is 0 Å². The van der Waals surface area contributed by atoms with Crippen LogP contribution in [0.5, 0.6) is 0 Å². The number of nitrogens with one attached hydrogen (secondary N) is 1. The molecular formula is C16H18N4O3S. The van der Waals surface area contributed by atoms with Gasteiger partial charge in [-0.15, -0.1) is 0 Å². The molecule has 3 N–H and O–H groups in total. The molecule has 2 aromatic heterocycles. The Morgan fingerprint density at radius 2 is 2.04 bits per heavy atom. The predicted octanol–water partition coefficient (Wildman–Crippen LogP) is 1.76. The van der Waals surface area contributed by atoms with Crippen molar-refractivity contribution in [1.29, 1.82) is 0 Å². The van der Waals surface area contributed by atoms with Gasteiger partial charge < -0.3 is 10.3 Å². The van der Waals surface area contributed by atoms with Gasteiger partial charge in [0.1, 0.15) is 4.90 Å². The quantitative estimate of drug-likeness (QED) is 0.703. The van der Waals surface area contributed by atoms with Crippen LogP contribution in [0, 0.1) is 0 Å². The van der Waals surface area contributed by atoms with E-state index in [-0.39, 0.29) is 11.4 Å². The smallest absolute Gasteiger partial charge is 0.258 e. The number of nitrogens with two attached hydrogens (primary N) is 1. The van der Waals surface area contributed by atoms with Crippen LogP contribution < -0.4 is 10.5 Å². The molecule has 0 radical (unpaired) electrons. The van der Waals surface area contributed by atoms with E-state index >= 15 is 0 Å². The van der Waals surface area contributed by atoms with E-state index < -0.39 is 16.1 Å². The summed E-state index contributed by atoms with van der Waals surface area (Å²) in [5, 5.41) is 4.48. The lowest BCUT2D eigenvalue weighted by atomic mass is 10.1. The van der Waals surface area contributed by atoms with E-state index in [0.29, 0.717) is 23.2 Å². The second-order valence-corrected chi connectivity index (χ2v) is 7.14. The molecule has 0 aliphatic heterocycles. The summed E-state index contributed by atoms with van der Waals surface area (Å²) in [5.41, 5.74) is 7.90. The highest BCUT2D eigenvalue weighted by molar-refractivity contribution is 7.89. The number of nitrogens with zero attached hydrogens (tertiary/aromatic N) is 2. The summed E-state index contributed by atoms with van der Waals surface area (Å²) in [6.07, 6.45) is 1.88. The highest BCUT2D eigenvalue weighted by atomic mass is 32.2. The molecule has 24 heavy (non-hydrogen) atoms. The molecule has 1 unspecified atom stereocenters. The zero-order valence-electron chi connectivity index (χ0n) is 13.1. The second kappa shape index (κ2) is 6.68. The fraction of sp³-hybridized carbons (Fsp3) is 0.250. The van der Waals surface area contributed by atoms with Crippen LogP contribution in [-0.2, 0) is 16.4 Å². The minimum atomic E-state index is -3.72. The van der Waals surface area contributed by atoms with Crippen LogP contribution in [0.25, 0.3) is 11.1 Å². The van der Waals surface area contributed by atoms with Gasteiger partial charge in [-0.2, -0.15) is 0 Å². The third-order valence-electron chi connectivity index (χ3n) is 3.75. The number of aryl methyl sites for hydroxylation is 1. The first-order valence-electron chi connectivity index (χ1n) is 7.55. The molecule has 0 saturated heterocycles. The zero-order valence-corrected chi connectivity index (χ0v) is 14.0. The van der Waals surface area contributed by atoms with Crippen molar-refractivity contribution in [2.24, 2.45) is 5.73 Å². The summed E-state index contributed by atoms with van der Waals surface area (Å²) in [4.78, 5) is 4.08. The van der Waals surface area contributed by atoms with Gasteiger partial charge in [0.25, 0.3) is 5.71 Å². The van der Waals surface area contributed by atoms with Gasteiger partial charge in [-0.1, -0.05) is 42.4 Å². The largest absolute Gasteiger partial charge is 0.336 e. The molecule has 3 aromatic rings. The molecule has 2 heterocycles. The normalized spacial score (nSPS) is 13.2. The number of hydrogen-bond donors (Lipinski definition) is 2. The summed E-state index contributed by atoms with van der Waals surface area (Å²) >= 11 is 0. The number of hydrogen-bond acceptors (Lipinski definition) is 6. The van der Waals surface area contributed by atoms with Gasteiger partial charge >= 0.3 is 0 Å². The van der Waals surface area contributed by atoms with E-state index in [2.05, 4.69) is 14.9 Å². The van der Waals surface area contributed by atoms with Crippen molar-refractivity contribution in [3.05, 3.63) is 53.9 Å². The molecule has 0 bridgehead atoms. The first-order valence-corrected chi connectivity index (χ1v) is 9.04. The third-order valence-corrected chi connectivity index (χ3v) is 5.14. The van der Waals surface area contributed by atoms with Gasteiger partial charge in [-0.25, -0.2) is 18.1 Å². The van der Waals surface area contributed by atoms with Gasteiger partial charge in [0, 0.05) is 12.6 Å². The minimum absolute atomic E-state index is 0.0631. The van der Waals surface area contributed by atoms with E-state index in [4.69, 9.17) is 10.3 Å². The predicted molar refractivity (Wildman–Crippen MR) is 89.7 cm³/mol. The molecular weight excluding hydrogens is 328 g/mol. The maximum atomic E-state index is 12.5.